The largest absolute Gasteiger partial charge is 0.493 e. The third-order valence-corrected chi connectivity index (χ3v) is 2.56. The molecule has 0 saturated heterocycles. The summed E-state index contributed by atoms with van der Waals surface area (Å²) in [5, 5.41) is 0. The van der Waals surface area contributed by atoms with Gasteiger partial charge in [0.05, 0.1) is 31.9 Å². The molecule has 0 spiro atoms. The molecule has 90 valence electrons. The van der Waals surface area contributed by atoms with Crippen LogP contribution in [0.15, 0.2) is 28.8 Å². The molecule has 0 radical (unpaired) electrons. The Hall–Kier alpha value is -1.68. The number of nitrogens with zero attached hydrogens (tertiary/aromatic N) is 1. The van der Waals surface area contributed by atoms with Crippen molar-refractivity contribution in [3.63, 3.8) is 0 Å². The van der Waals surface area contributed by atoms with Gasteiger partial charge in [-0.05, 0) is 12.1 Å². The lowest BCUT2D eigenvalue weighted by atomic mass is 10.1. The molecule has 0 atom stereocenters. The van der Waals surface area contributed by atoms with Crippen molar-refractivity contribution in [2.75, 3.05) is 14.2 Å². The normalized spacial score (nSPS) is 10.3. The monoisotopic (exact) mass is 253 g/mol. The number of alkyl halides is 1. The second-order valence-corrected chi connectivity index (χ2v) is 3.56. The first-order valence-corrected chi connectivity index (χ1v) is 5.55. The van der Waals surface area contributed by atoms with Crippen molar-refractivity contribution in [2.45, 2.75) is 5.88 Å². The van der Waals surface area contributed by atoms with Gasteiger partial charge in [0, 0.05) is 0 Å². The van der Waals surface area contributed by atoms with Crippen LogP contribution in [0, 0.1) is 0 Å². The summed E-state index contributed by atoms with van der Waals surface area (Å²) in [7, 11) is 3.17. The number of methoxy groups -OCH3 is 2. The Kier molecular flexibility index (Phi) is 3.54. The summed E-state index contributed by atoms with van der Waals surface area (Å²) >= 11 is 5.65. The molecule has 0 N–H and O–H groups in total. The van der Waals surface area contributed by atoms with E-state index in [2.05, 4.69) is 4.98 Å². The molecule has 0 saturated carbocycles. The van der Waals surface area contributed by atoms with Gasteiger partial charge in [-0.3, -0.25) is 0 Å². The van der Waals surface area contributed by atoms with Crippen LogP contribution in [0.4, 0.5) is 0 Å². The van der Waals surface area contributed by atoms with E-state index < -0.39 is 0 Å². The molecule has 0 aliphatic rings. The number of halogens is 1. The zero-order chi connectivity index (χ0) is 12.3. The highest BCUT2D eigenvalue weighted by Crippen LogP contribution is 2.37. The lowest BCUT2D eigenvalue weighted by molar-refractivity contribution is 0.355. The van der Waals surface area contributed by atoms with Gasteiger partial charge in [-0.2, -0.15) is 0 Å². The third-order valence-electron chi connectivity index (χ3n) is 2.34. The van der Waals surface area contributed by atoms with Gasteiger partial charge in [0.15, 0.2) is 17.3 Å². The molecular weight excluding hydrogens is 242 g/mol. The van der Waals surface area contributed by atoms with Crippen LogP contribution in [0.2, 0.25) is 0 Å². The summed E-state index contributed by atoms with van der Waals surface area (Å²) in [6.45, 7) is 0. The number of hydrogen-bond acceptors (Lipinski definition) is 4. The minimum absolute atomic E-state index is 0.242. The molecule has 0 bridgehead atoms. The van der Waals surface area contributed by atoms with E-state index in [1.165, 1.54) is 0 Å². The Bertz CT molecular complexity index is 510. The van der Waals surface area contributed by atoms with Gasteiger partial charge in [-0.1, -0.05) is 6.07 Å². The summed E-state index contributed by atoms with van der Waals surface area (Å²) in [5.41, 5.74) is 0.788. The molecule has 4 nitrogen and oxygen atoms in total. The number of para-hydroxylation sites is 1. The molecular formula is C12H12ClNO3. The SMILES string of the molecule is COc1cccc(-c2cnc(CCl)o2)c1OC. The minimum Gasteiger partial charge on any atom is -0.493 e. The van der Waals surface area contributed by atoms with Gasteiger partial charge in [0.2, 0.25) is 5.89 Å². The fourth-order valence-electron chi connectivity index (χ4n) is 1.58. The number of ether oxygens (including phenoxy) is 2. The first-order chi connectivity index (χ1) is 8.30. The van der Waals surface area contributed by atoms with E-state index in [-0.39, 0.29) is 5.88 Å². The van der Waals surface area contributed by atoms with Crippen LogP contribution in [0.1, 0.15) is 5.89 Å². The van der Waals surface area contributed by atoms with Gasteiger partial charge in [0.25, 0.3) is 0 Å². The molecule has 0 unspecified atom stereocenters. The molecule has 1 heterocycles. The number of aromatic nitrogens is 1. The van der Waals surface area contributed by atoms with Gasteiger partial charge in [-0.25, -0.2) is 4.98 Å². The number of rotatable bonds is 4. The Morgan fingerprint density at radius 1 is 1.29 bits per heavy atom. The second kappa shape index (κ2) is 5.10. The molecule has 0 aliphatic heterocycles. The molecule has 1 aromatic heterocycles. The standard InChI is InChI=1S/C12H12ClNO3/c1-15-9-5-3-4-8(12(9)16-2)10-7-14-11(6-13)17-10/h3-5,7H,6H2,1-2H3. The number of oxazole rings is 1. The maximum Gasteiger partial charge on any atom is 0.209 e. The first-order valence-electron chi connectivity index (χ1n) is 5.02. The van der Waals surface area contributed by atoms with Crippen LogP contribution < -0.4 is 9.47 Å². The lowest BCUT2D eigenvalue weighted by Crippen LogP contribution is -1.92. The smallest absolute Gasteiger partial charge is 0.209 e. The van der Waals surface area contributed by atoms with Crippen LogP contribution in [0.3, 0.4) is 0 Å². The average molecular weight is 254 g/mol. The van der Waals surface area contributed by atoms with Crippen LogP contribution in [0.5, 0.6) is 11.5 Å². The summed E-state index contributed by atoms with van der Waals surface area (Å²) in [5.74, 6) is 2.59. The molecule has 17 heavy (non-hydrogen) atoms. The Morgan fingerprint density at radius 3 is 2.71 bits per heavy atom. The van der Waals surface area contributed by atoms with E-state index in [1.54, 1.807) is 20.4 Å². The first kappa shape index (κ1) is 11.8. The predicted molar refractivity (Wildman–Crippen MR) is 64.6 cm³/mol. The Morgan fingerprint density at radius 2 is 2.12 bits per heavy atom. The zero-order valence-electron chi connectivity index (χ0n) is 9.57. The molecule has 0 fully saturated rings. The van der Waals surface area contributed by atoms with Crippen molar-refractivity contribution >= 4 is 11.6 Å². The Labute approximate surface area is 104 Å². The quantitative estimate of drug-likeness (QED) is 0.786. The molecule has 2 aromatic rings. The highest BCUT2D eigenvalue weighted by molar-refractivity contribution is 6.16. The highest BCUT2D eigenvalue weighted by atomic mass is 35.5. The maximum absolute atomic E-state index is 5.65. The molecule has 1 aromatic carbocycles. The van der Waals surface area contributed by atoms with Crippen LogP contribution in [-0.4, -0.2) is 19.2 Å². The summed E-state index contributed by atoms with van der Waals surface area (Å²) in [4.78, 5) is 4.05. The van der Waals surface area contributed by atoms with Crippen molar-refractivity contribution in [1.82, 2.24) is 4.98 Å². The Balaban J connectivity index is 2.50. The van der Waals surface area contributed by atoms with Gasteiger partial charge in [-0.15, -0.1) is 11.6 Å². The van der Waals surface area contributed by atoms with Crippen molar-refractivity contribution < 1.29 is 13.9 Å². The van der Waals surface area contributed by atoms with Crippen LogP contribution >= 0.6 is 11.6 Å². The van der Waals surface area contributed by atoms with E-state index in [0.717, 1.165) is 5.56 Å². The van der Waals surface area contributed by atoms with Gasteiger partial charge in [0.1, 0.15) is 0 Å². The van der Waals surface area contributed by atoms with E-state index >= 15 is 0 Å². The topological polar surface area (TPSA) is 44.5 Å². The fourth-order valence-corrected chi connectivity index (χ4v) is 1.70. The van der Waals surface area contributed by atoms with Crippen molar-refractivity contribution in [3.8, 4) is 22.8 Å². The zero-order valence-corrected chi connectivity index (χ0v) is 10.3. The van der Waals surface area contributed by atoms with Crippen LogP contribution in [-0.2, 0) is 5.88 Å². The third kappa shape index (κ3) is 2.22. The minimum atomic E-state index is 0.242. The van der Waals surface area contributed by atoms with Crippen molar-refractivity contribution in [3.05, 3.63) is 30.3 Å². The summed E-state index contributed by atoms with van der Waals surface area (Å²) in [6, 6.07) is 5.56. The predicted octanol–water partition coefficient (Wildman–Crippen LogP) is 3.10. The molecule has 0 aliphatic carbocycles. The van der Waals surface area contributed by atoms with Gasteiger partial charge < -0.3 is 13.9 Å². The van der Waals surface area contributed by atoms with E-state index in [0.29, 0.717) is 23.1 Å². The highest BCUT2D eigenvalue weighted by Gasteiger charge is 2.14. The molecule has 2 rings (SSSR count). The maximum atomic E-state index is 5.65. The van der Waals surface area contributed by atoms with E-state index in [4.69, 9.17) is 25.5 Å². The van der Waals surface area contributed by atoms with E-state index in [1.807, 2.05) is 18.2 Å². The van der Waals surface area contributed by atoms with Gasteiger partial charge >= 0.3 is 0 Å². The summed E-state index contributed by atoms with van der Waals surface area (Å²) in [6.07, 6.45) is 1.62. The second-order valence-electron chi connectivity index (χ2n) is 3.29. The lowest BCUT2D eigenvalue weighted by Gasteiger charge is -2.10. The fraction of sp³-hybridized carbons (Fsp3) is 0.250. The average Bonchev–Trinajstić information content (AvgIpc) is 2.86. The van der Waals surface area contributed by atoms with Crippen LogP contribution in [0.25, 0.3) is 11.3 Å². The summed E-state index contributed by atoms with van der Waals surface area (Å²) < 4.78 is 16.0. The number of hydrogen-bond donors (Lipinski definition) is 0. The van der Waals surface area contributed by atoms with Crippen molar-refractivity contribution in [1.29, 1.82) is 0 Å². The molecule has 0 amide bonds. The molecule has 5 heteroatoms. The van der Waals surface area contributed by atoms with Crippen molar-refractivity contribution in [2.24, 2.45) is 0 Å². The van der Waals surface area contributed by atoms with E-state index in [9.17, 15) is 0 Å². The number of benzene rings is 1.